The summed E-state index contributed by atoms with van der Waals surface area (Å²) < 4.78 is 11.5. The lowest BCUT2D eigenvalue weighted by Crippen LogP contribution is -2.62. The zero-order chi connectivity index (χ0) is 14.1. The molecule has 1 saturated heterocycles. The quantitative estimate of drug-likeness (QED) is 0.821. The number of hydrogen-bond donors (Lipinski definition) is 2. The Hall–Kier alpha value is -0.650. The van der Waals surface area contributed by atoms with Crippen LogP contribution in [0.3, 0.4) is 0 Å². The first kappa shape index (κ1) is 14.3. The lowest BCUT2D eigenvalue weighted by Gasteiger charge is -2.44. The van der Waals surface area contributed by atoms with Gasteiger partial charge in [0, 0.05) is 18.9 Å². The van der Waals surface area contributed by atoms with Crippen LogP contribution in [-0.2, 0) is 14.3 Å². The maximum Gasteiger partial charge on any atom is 0.237 e. The van der Waals surface area contributed by atoms with Gasteiger partial charge in [0.15, 0.2) is 5.79 Å². The molecule has 114 valence electrons. The van der Waals surface area contributed by atoms with Crippen LogP contribution in [0.1, 0.15) is 57.8 Å². The molecule has 0 unspecified atom stereocenters. The SMILES string of the molecule is NC(=O)C1(NC2CCCCC2)CCC2(CC1)OCCO2. The largest absolute Gasteiger partial charge is 0.368 e. The zero-order valence-corrected chi connectivity index (χ0v) is 12.2. The van der Waals surface area contributed by atoms with Gasteiger partial charge in [-0.3, -0.25) is 4.79 Å². The van der Waals surface area contributed by atoms with E-state index >= 15 is 0 Å². The van der Waals surface area contributed by atoms with Crippen LogP contribution >= 0.6 is 0 Å². The Morgan fingerprint density at radius 1 is 1.00 bits per heavy atom. The van der Waals surface area contributed by atoms with Gasteiger partial charge in [-0.25, -0.2) is 0 Å². The summed E-state index contributed by atoms with van der Waals surface area (Å²) in [6, 6.07) is 0.440. The number of carbonyl (C=O) groups is 1. The third kappa shape index (κ3) is 2.71. The molecule has 3 N–H and O–H groups in total. The highest BCUT2D eigenvalue weighted by Gasteiger charge is 2.49. The fourth-order valence-electron chi connectivity index (χ4n) is 3.94. The second-order valence-corrected chi connectivity index (χ2v) is 6.53. The number of amides is 1. The lowest BCUT2D eigenvalue weighted by molar-refractivity contribution is -0.187. The molecule has 0 atom stereocenters. The van der Waals surface area contributed by atoms with E-state index in [2.05, 4.69) is 5.32 Å². The first-order valence-corrected chi connectivity index (χ1v) is 8.00. The van der Waals surface area contributed by atoms with E-state index in [0.717, 1.165) is 38.5 Å². The van der Waals surface area contributed by atoms with Crippen molar-refractivity contribution in [2.75, 3.05) is 13.2 Å². The van der Waals surface area contributed by atoms with Gasteiger partial charge in [0.25, 0.3) is 0 Å². The van der Waals surface area contributed by atoms with Crippen LogP contribution in [0.25, 0.3) is 0 Å². The maximum absolute atomic E-state index is 12.0. The van der Waals surface area contributed by atoms with Crippen molar-refractivity contribution in [1.82, 2.24) is 5.32 Å². The smallest absolute Gasteiger partial charge is 0.237 e. The fraction of sp³-hybridized carbons (Fsp3) is 0.933. The molecule has 5 nitrogen and oxygen atoms in total. The van der Waals surface area contributed by atoms with Crippen molar-refractivity contribution in [2.45, 2.75) is 75.2 Å². The molecule has 0 bridgehead atoms. The van der Waals surface area contributed by atoms with Crippen molar-refractivity contribution >= 4 is 5.91 Å². The van der Waals surface area contributed by atoms with E-state index in [1.54, 1.807) is 0 Å². The van der Waals surface area contributed by atoms with E-state index < -0.39 is 11.3 Å². The molecule has 1 amide bonds. The van der Waals surface area contributed by atoms with Gasteiger partial charge >= 0.3 is 0 Å². The minimum absolute atomic E-state index is 0.212. The van der Waals surface area contributed by atoms with Gasteiger partial charge in [0.1, 0.15) is 0 Å². The number of hydrogen-bond acceptors (Lipinski definition) is 4. The molecule has 1 spiro atoms. The van der Waals surface area contributed by atoms with E-state index in [9.17, 15) is 4.79 Å². The number of nitrogens with one attached hydrogen (secondary N) is 1. The highest BCUT2D eigenvalue weighted by atomic mass is 16.7. The van der Waals surface area contributed by atoms with E-state index in [-0.39, 0.29) is 5.91 Å². The van der Waals surface area contributed by atoms with Gasteiger partial charge < -0.3 is 20.5 Å². The molecule has 0 aromatic carbocycles. The Morgan fingerprint density at radius 3 is 2.15 bits per heavy atom. The van der Waals surface area contributed by atoms with E-state index in [1.807, 2.05) is 0 Å². The summed E-state index contributed by atoms with van der Waals surface area (Å²) in [4.78, 5) is 12.0. The number of carbonyl (C=O) groups excluding carboxylic acids is 1. The standard InChI is InChI=1S/C15H26N2O3/c16-13(18)14(17-12-4-2-1-3-5-12)6-8-15(9-7-14)19-10-11-20-15/h12,17H,1-11H2,(H2,16,18). The third-order valence-electron chi connectivity index (χ3n) is 5.24. The van der Waals surface area contributed by atoms with Crippen LogP contribution in [0.4, 0.5) is 0 Å². The molecule has 5 heteroatoms. The Labute approximate surface area is 120 Å². The summed E-state index contributed by atoms with van der Waals surface area (Å²) in [5, 5.41) is 3.59. The molecule has 1 aliphatic heterocycles. The average Bonchev–Trinajstić information content (AvgIpc) is 2.91. The summed E-state index contributed by atoms with van der Waals surface area (Å²) in [6.45, 7) is 1.33. The van der Waals surface area contributed by atoms with Crippen molar-refractivity contribution in [3.8, 4) is 0 Å². The predicted molar refractivity (Wildman–Crippen MR) is 75.0 cm³/mol. The minimum Gasteiger partial charge on any atom is -0.368 e. The van der Waals surface area contributed by atoms with Crippen LogP contribution in [0.5, 0.6) is 0 Å². The monoisotopic (exact) mass is 282 g/mol. The van der Waals surface area contributed by atoms with Gasteiger partial charge in [0.05, 0.1) is 18.8 Å². The number of rotatable bonds is 3. The van der Waals surface area contributed by atoms with E-state index in [4.69, 9.17) is 15.2 Å². The van der Waals surface area contributed by atoms with E-state index in [0.29, 0.717) is 19.3 Å². The summed E-state index contributed by atoms with van der Waals surface area (Å²) in [5.74, 6) is -0.649. The van der Waals surface area contributed by atoms with Gasteiger partial charge in [-0.1, -0.05) is 19.3 Å². The molecule has 1 heterocycles. The summed E-state index contributed by atoms with van der Waals surface area (Å²) in [5.41, 5.74) is 5.17. The molecule has 3 fully saturated rings. The van der Waals surface area contributed by atoms with E-state index in [1.165, 1.54) is 19.3 Å². The third-order valence-corrected chi connectivity index (χ3v) is 5.24. The summed E-state index contributed by atoms with van der Waals surface area (Å²) in [6.07, 6.45) is 9.10. The molecule has 2 aliphatic carbocycles. The van der Waals surface area contributed by atoms with Crippen molar-refractivity contribution in [3.63, 3.8) is 0 Å². The molecule has 0 aromatic rings. The van der Waals surface area contributed by atoms with Crippen LogP contribution in [0.2, 0.25) is 0 Å². The normalized spacial score (nSPS) is 29.6. The van der Waals surface area contributed by atoms with Crippen molar-refractivity contribution in [1.29, 1.82) is 0 Å². The van der Waals surface area contributed by atoms with Crippen LogP contribution in [0.15, 0.2) is 0 Å². The highest BCUT2D eigenvalue weighted by molar-refractivity contribution is 5.84. The fourth-order valence-corrected chi connectivity index (χ4v) is 3.94. The Morgan fingerprint density at radius 2 is 1.60 bits per heavy atom. The molecule has 3 aliphatic rings. The Bertz CT molecular complexity index is 350. The molecule has 3 rings (SSSR count). The lowest BCUT2D eigenvalue weighted by atomic mass is 9.76. The second-order valence-electron chi connectivity index (χ2n) is 6.53. The van der Waals surface area contributed by atoms with Gasteiger partial charge in [-0.2, -0.15) is 0 Å². The topological polar surface area (TPSA) is 73.6 Å². The molecule has 0 aromatic heterocycles. The van der Waals surface area contributed by atoms with Crippen molar-refractivity contribution < 1.29 is 14.3 Å². The van der Waals surface area contributed by atoms with Gasteiger partial charge in [-0.15, -0.1) is 0 Å². The number of ether oxygens (including phenoxy) is 2. The Kier molecular flexibility index (Phi) is 4.02. The van der Waals surface area contributed by atoms with Crippen LogP contribution < -0.4 is 11.1 Å². The van der Waals surface area contributed by atoms with Crippen molar-refractivity contribution in [2.24, 2.45) is 5.73 Å². The first-order chi connectivity index (χ1) is 9.64. The molecular weight excluding hydrogens is 256 g/mol. The number of primary amides is 1. The molecular formula is C15H26N2O3. The molecule has 20 heavy (non-hydrogen) atoms. The second kappa shape index (κ2) is 5.62. The minimum atomic E-state index is -0.553. The zero-order valence-electron chi connectivity index (χ0n) is 12.2. The highest BCUT2D eigenvalue weighted by Crippen LogP contribution is 2.40. The average molecular weight is 282 g/mol. The first-order valence-electron chi connectivity index (χ1n) is 8.00. The predicted octanol–water partition coefficient (Wildman–Crippen LogP) is 1.45. The Balaban J connectivity index is 1.65. The maximum atomic E-state index is 12.0. The number of nitrogens with two attached hydrogens (primary N) is 1. The van der Waals surface area contributed by atoms with Crippen LogP contribution in [-0.4, -0.2) is 36.5 Å². The molecule has 0 radical (unpaired) electrons. The van der Waals surface area contributed by atoms with Crippen LogP contribution in [0, 0.1) is 0 Å². The molecule has 2 saturated carbocycles. The summed E-state index contributed by atoms with van der Waals surface area (Å²) >= 11 is 0. The van der Waals surface area contributed by atoms with Gasteiger partial charge in [-0.05, 0) is 25.7 Å². The van der Waals surface area contributed by atoms with Crippen molar-refractivity contribution in [3.05, 3.63) is 0 Å². The summed E-state index contributed by atoms with van der Waals surface area (Å²) in [7, 11) is 0. The van der Waals surface area contributed by atoms with Gasteiger partial charge in [0.2, 0.25) is 5.91 Å².